The van der Waals surface area contributed by atoms with Gasteiger partial charge in [0.25, 0.3) is 0 Å². The molecule has 0 saturated heterocycles. The number of rotatable bonds is 11. The standard InChI is InChI=1S/C22H38INO4S/c1-15(14-28-17(3)25)13-18(26)9-8-16(2)19-10-11-20-21(24(23)29-27-5)7-6-12-22(19,20)4/h16,18-21,26H,1,6-14H2,2-5H3. The van der Waals surface area contributed by atoms with Crippen molar-refractivity contribution in [2.75, 3.05) is 13.7 Å². The predicted octanol–water partition coefficient (Wildman–Crippen LogP) is 5.72. The summed E-state index contributed by atoms with van der Waals surface area (Å²) in [6, 6.07) is 0.576. The molecule has 2 saturated carbocycles. The second-order valence-corrected chi connectivity index (χ2v) is 11.8. The maximum Gasteiger partial charge on any atom is 0.302 e. The van der Waals surface area contributed by atoms with Crippen LogP contribution >= 0.6 is 35.1 Å². The zero-order valence-corrected chi connectivity index (χ0v) is 21.3. The highest BCUT2D eigenvalue weighted by atomic mass is 127. The lowest BCUT2D eigenvalue weighted by Crippen LogP contribution is -2.45. The van der Waals surface area contributed by atoms with Crippen molar-refractivity contribution in [1.29, 1.82) is 0 Å². The number of hydrogen-bond acceptors (Lipinski definition) is 6. The molecule has 1 N–H and O–H groups in total. The van der Waals surface area contributed by atoms with E-state index in [-0.39, 0.29) is 12.6 Å². The first-order valence-electron chi connectivity index (χ1n) is 10.8. The van der Waals surface area contributed by atoms with Crippen molar-refractivity contribution in [2.24, 2.45) is 23.2 Å². The molecule has 2 aliphatic rings. The second kappa shape index (κ2) is 11.7. The fourth-order valence-corrected chi connectivity index (χ4v) is 7.50. The third-order valence-corrected chi connectivity index (χ3v) is 8.98. The minimum Gasteiger partial charge on any atom is -0.461 e. The Morgan fingerprint density at radius 1 is 1.38 bits per heavy atom. The number of aliphatic hydroxyl groups excluding tert-OH is 1. The largest absolute Gasteiger partial charge is 0.461 e. The number of hydrogen-bond donors (Lipinski definition) is 1. The summed E-state index contributed by atoms with van der Waals surface area (Å²) in [5.74, 6) is 1.72. The van der Waals surface area contributed by atoms with Crippen LogP contribution < -0.4 is 0 Å². The number of carbonyl (C=O) groups excluding carboxylic acids is 1. The minimum atomic E-state index is -0.410. The molecule has 2 fully saturated rings. The number of esters is 1. The third-order valence-electron chi connectivity index (χ3n) is 7.22. The summed E-state index contributed by atoms with van der Waals surface area (Å²) in [6.45, 7) is 10.4. The van der Waals surface area contributed by atoms with Crippen LogP contribution in [0.1, 0.15) is 72.1 Å². The summed E-state index contributed by atoms with van der Waals surface area (Å²) in [6.07, 6.45) is 8.33. The number of aliphatic hydroxyl groups is 1. The quantitative estimate of drug-likeness (QED) is 0.0906. The molecule has 0 aromatic heterocycles. The van der Waals surface area contributed by atoms with Crippen molar-refractivity contribution in [3.8, 4) is 0 Å². The van der Waals surface area contributed by atoms with Crippen LogP contribution in [0.25, 0.3) is 0 Å². The predicted molar refractivity (Wildman–Crippen MR) is 127 cm³/mol. The first-order chi connectivity index (χ1) is 13.7. The van der Waals surface area contributed by atoms with E-state index in [0.29, 0.717) is 29.7 Å². The molecule has 0 bridgehead atoms. The first-order valence-corrected chi connectivity index (χ1v) is 12.5. The van der Waals surface area contributed by atoms with E-state index in [1.165, 1.54) is 51.3 Å². The van der Waals surface area contributed by atoms with E-state index in [2.05, 4.69) is 45.8 Å². The van der Waals surface area contributed by atoms with Crippen molar-refractivity contribution >= 4 is 41.1 Å². The average Bonchev–Trinajstić information content (AvgIpc) is 3.01. The minimum absolute atomic E-state index is 0.206. The van der Waals surface area contributed by atoms with E-state index in [4.69, 9.17) is 8.92 Å². The van der Waals surface area contributed by atoms with Crippen LogP contribution in [0.2, 0.25) is 0 Å². The molecule has 2 rings (SSSR count). The summed E-state index contributed by atoms with van der Waals surface area (Å²) >= 11 is 3.88. The molecule has 7 heteroatoms. The van der Waals surface area contributed by atoms with Gasteiger partial charge < -0.3 is 14.0 Å². The summed E-state index contributed by atoms with van der Waals surface area (Å²) in [4.78, 5) is 10.9. The van der Waals surface area contributed by atoms with Crippen LogP contribution in [0.5, 0.6) is 0 Å². The molecule has 168 valence electrons. The van der Waals surface area contributed by atoms with E-state index in [1.54, 1.807) is 7.11 Å². The van der Waals surface area contributed by atoms with Gasteiger partial charge in [-0.2, -0.15) is 2.52 Å². The Morgan fingerprint density at radius 3 is 2.76 bits per heavy atom. The Morgan fingerprint density at radius 2 is 2.10 bits per heavy atom. The lowest BCUT2D eigenvalue weighted by atomic mass is 9.61. The molecule has 0 aliphatic heterocycles. The topological polar surface area (TPSA) is 59.0 Å². The Labute approximate surface area is 195 Å². The maximum absolute atomic E-state index is 10.9. The van der Waals surface area contributed by atoms with Crippen molar-refractivity contribution in [2.45, 2.75) is 84.3 Å². The van der Waals surface area contributed by atoms with Gasteiger partial charge in [0.2, 0.25) is 0 Å². The maximum atomic E-state index is 10.9. The lowest BCUT2D eigenvalue weighted by molar-refractivity contribution is -0.140. The number of ether oxygens (including phenoxy) is 1. The Balaban J connectivity index is 1.87. The van der Waals surface area contributed by atoms with Gasteiger partial charge in [-0.15, -0.1) is 0 Å². The first kappa shape index (κ1) is 25.4. The van der Waals surface area contributed by atoms with Crippen molar-refractivity contribution in [1.82, 2.24) is 2.52 Å². The molecule has 0 amide bonds. The van der Waals surface area contributed by atoms with Crippen LogP contribution in [-0.2, 0) is 13.7 Å². The molecular formula is C22H38INO4S. The molecule has 0 aromatic rings. The van der Waals surface area contributed by atoms with Gasteiger partial charge in [-0.25, -0.2) is 0 Å². The Bertz CT molecular complexity index is 563. The van der Waals surface area contributed by atoms with Gasteiger partial charge in [0, 0.05) is 35.8 Å². The summed E-state index contributed by atoms with van der Waals surface area (Å²) in [5.41, 5.74) is 1.16. The molecule has 6 unspecified atom stereocenters. The Hall–Kier alpha value is 0.170. The van der Waals surface area contributed by atoms with E-state index in [0.717, 1.165) is 24.3 Å². The monoisotopic (exact) mass is 539 g/mol. The number of halogens is 1. The molecular weight excluding hydrogens is 501 g/mol. The van der Waals surface area contributed by atoms with Gasteiger partial charge in [-0.1, -0.05) is 26.8 Å². The van der Waals surface area contributed by atoms with E-state index >= 15 is 0 Å². The van der Waals surface area contributed by atoms with E-state index in [1.807, 2.05) is 0 Å². The Kier molecular flexibility index (Phi) is 10.3. The van der Waals surface area contributed by atoms with Crippen LogP contribution in [0.15, 0.2) is 12.2 Å². The molecule has 6 atom stereocenters. The molecule has 0 heterocycles. The number of nitrogens with zero attached hydrogens (tertiary/aromatic N) is 1. The van der Waals surface area contributed by atoms with Crippen LogP contribution in [0.3, 0.4) is 0 Å². The summed E-state index contributed by atoms with van der Waals surface area (Å²) < 4.78 is 12.6. The highest BCUT2D eigenvalue weighted by Crippen LogP contribution is 2.59. The lowest BCUT2D eigenvalue weighted by Gasteiger charge is -2.48. The summed E-state index contributed by atoms with van der Waals surface area (Å²) in [5, 5.41) is 10.4. The molecule has 0 radical (unpaired) electrons. The van der Waals surface area contributed by atoms with Crippen LogP contribution in [-0.4, -0.2) is 39.5 Å². The van der Waals surface area contributed by atoms with E-state index < -0.39 is 6.10 Å². The zero-order valence-electron chi connectivity index (χ0n) is 18.4. The fourth-order valence-electron chi connectivity index (χ4n) is 5.85. The third kappa shape index (κ3) is 6.82. The summed E-state index contributed by atoms with van der Waals surface area (Å²) in [7, 11) is 1.74. The highest BCUT2D eigenvalue weighted by molar-refractivity contribution is 14.1. The molecule has 29 heavy (non-hydrogen) atoms. The van der Waals surface area contributed by atoms with Crippen LogP contribution in [0, 0.1) is 23.2 Å². The van der Waals surface area contributed by atoms with E-state index in [9.17, 15) is 9.90 Å². The smallest absolute Gasteiger partial charge is 0.302 e. The molecule has 0 aromatic carbocycles. The SMILES string of the molecule is C=C(COC(C)=O)CC(O)CCC(C)C1CCC2C(N(I)SOC)CCCC12C. The zero-order chi connectivity index (χ0) is 21.6. The van der Waals surface area contributed by atoms with Crippen LogP contribution in [0.4, 0.5) is 0 Å². The fraction of sp³-hybridized carbons (Fsp3) is 0.864. The molecule has 2 aliphatic carbocycles. The van der Waals surface area contributed by atoms with Gasteiger partial charge in [0.05, 0.1) is 25.4 Å². The van der Waals surface area contributed by atoms with Gasteiger partial charge >= 0.3 is 5.97 Å². The van der Waals surface area contributed by atoms with Crippen molar-refractivity contribution in [3.05, 3.63) is 12.2 Å². The number of carbonyl (C=O) groups is 1. The second-order valence-electron chi connectivity index (χ2n) is 9.21. The van der Waals surface area contributed by atoms with Gasteiger partial charge in [0.15, 0.2) is 0 Å². The molecule has 0 spiro atoms. The van der Waals surface area contributed by atoms with Crippen molar-refractivity contribution in [3.63, 3.8) is 0 Å². The molecule has 5 nitrogen and oxygen atoms in total. The van der Waals surface area contributed by atoms with Gasteiger partial charge in [-0.3, -0.25) is 4.79 Å². The normalized spacial score (nSPS) is 31.3. The van der Waals surface area contributed by atoms with Gasteiger partial charge in [-0.05, 0) is 73.7 Å². The highest BCUT2D eigenvalue weighted by Gasteiger charge is 2.53. The van der Waals surface area contributed by atoms with Crippen molar-refractivity contribution < 1.29 is 18.8 Å². The van der Waals surface area contributed by atoms with Gasteiger partial charge in [0.1, 0.15) is 6.61 Å². The average molecular weight is 540 g/mol. The number of fused-ring (bicyclic) bond motifs is 1.